The van der Waals surface area contributed by atoms with Gasteiger partial charge in [-0.05, 0) is 44.0 Å². The third kappa shape index (κ3) is 4.23. The van der Waals surface area contributed by atoms with Crippen LogP contribution in [0.2, 0.25) is 0 Å². The zero-order valence-electron chi connectivity index (χ0n) is 12.4. The second-order valence-electron chi connectivity index (χ2n) is 5.35. The summed E-state index contributed by atoms with van der Waals surface area (Å²) >= 11 is 0. The third-order valence-corrected chi connectivity index (χ3v) is 3.61. The van der Waals surface area contributed by atoms with Gasteiger partial charge in [-0.1, -0.05) is 12.1 Å². The Labute approximate surface area is 121 Å². The summed E-state index contributed by atoms with van der Waals surface area (Å²) < 4.78 is 5.75. The lowest BCUT2D eigenvalue weighted by molar-refractivity contribution is -0.131. The molecule has 0 unspecified atom stereocenters. The molecular formula is C16H24N2O2. The van der Waals surface area contributed by atoms with Gasteiger partial charge in [-0.15, -0.1) is 0 Å². The van der Waals surface area contributed by atoms with Crippen LogP contribution in [-0.2, 0) is 4.79 Å². The Morgan fingerprint density at radius 1 is 1.30 bits per heavy atom. The van der Waals surface area contributed by atoms with Crippen molar-refractivity contribution in [1.82, 2.24) is 10.2 Å². The molecule has 0 atom stereocenters. The van der Waals surface area contributed by atoms with E-state index in [1.54, 1.807) is 0 Å². The van der Waals surface area contributed by atoms with E-state index in [-0.39, 0.29) is 5.91 Å². The molecular weight excluding hydrogens is 252 g/mol. The Morgan fingerprint density at radius 2 is 2.15 bits per heavy atom. The molecule has 20 heavy (non-hydrogen) atoms. The molecule has 0 aliphatic carbocycles. The first-order valence-electron chi connectivity index (χ1n) is 7.35. The standard InChI is InChI=1S/C16H24N2O2/c1-13-4-5-14(2)15(12-13)20-11-6-16(19)18-9-3-7-17-8-10-18/h4-5,12,17H,3,6-11H2,1-2H3. The molecule has 0 radical (unpaired) electrons. The van der Waals surface area contributed by atoms with Gasteiger partial charge in [0.15, 0.2) is 0 Å². The zero-order valence-corrected chi connectivity index (χ0v) is 12.4. The maximum atomic E-state index is 12.1. The molecule has 0 aromatic heterocycles. The Hall–Kier alpha value is -1.55. The second-order valence-corrected chi connectivity index (χ2v) is 5.35. The van der Waals surface area contributed by atoms with Crippen molar-refractivity contribution in [3.8, 4) is 5.75 Å². The molecule has 1 aliphatic heterocycles. The summed E-state index contributed by atoms with van der Waals surface area (Å²) in [4.78, 5) is 14.0. The van der Waals surface area contributed by atoms with Crippen molar-refractivity contribution >= 4 is 5.91 Å². The number of ether oxygens (including phenoxy) is 1. The first-order chi connectivity index (χ1) is 9.66. The molecule has 1 amide bonds. The first kappa shape index (κ1) is 14.9. The van der Waals surface area contributed by atoms with E-state index in [0.29, 0.717) is 13.0 Å². The molecule has 0 saturated carbocycles. The maximum absolute atomic E-state index is 12.1. The van der Waals surface area contributed by atoms with Crippen LogP contribution in [-0.4, -0.2) is 43.6 Å². The second kappa shape index (κ2) is 7.29. The molecule has 1 N–H and O–H groups in total. The molecule has 1 aromatic carbocycles. The number of carbonyl (C=O) groups excluding carboxylic acids is 1. The van der Waals surface area contributed by atoms with E-state index in [2.05, 4.69) is 11.4 Å². The van der Waals surface area contributed by atoms with Gasteiger partial charge in [0.1, 0.15) is 5.75 Å². The summed E-state index contributed by atoms with van der Waals surface area (Å²) in [7, 11) is 0. The lowest BCUT2D eigenvalue weighted by atomic mass is 10.1. The topological polar surface area (TPSA) is 41.6 Å². The van der Waals surface area contributed by atoms with E-state index in [1.807, 2.05) is 30.9 Å². The number of nitrogens with zero attached hydrogens (tertiary/aromatic N) is 1. The summed E-state index contributed by atoms with van der Waals surface area (Å²) in [5.74, 6) is 1.08. The van der Waals surface area contributed by atoms with Gasteiger partial charge in [0, 0.05) is 19.6 Å². The van der Waals surface area contributed by atoms with Crippen LogP contribution in [0.4, 0.5) is 0 Å². The molecule has 0 bridgehead atoms. The Morgan fingerprint density at radius 3 is 3.00 bits per heavy atom. The highest BCUT2D eigenvalue weighted by molar-refractivity contribution is 5.76. The van der Waals surface area contributed by atoms with Gasteiger partial charge < -0.3 is 15.0 Å². The van der Waals surface area contributed by atoms with Crippen LogP contribution in [0, 0.1) is 13.8 Å². The van der Waals surface area contributed by atoms with Crippen molar-refractivity contribution < 1.29 is 9.53 Å². The molecule has 1 heterocycles. The van der Waals surface area contributed by atoms with E-state index in [9.17, 15) is 4.79 Å². The fourth-order valence-electron chi connectivity index (χ4n) is 2.36. The Bertz CT molecular complexity index is 452. The van der Waals surface area contributed by atoms with Gasteiger partial charge in [-0.2, -0.15) is 0 Å². The van der Waals surface area contributed by atoms with Crippen molar-refractivity contribution in [2.45, 2.75) is 26.7 Å². The summed E-state index contributed by atoms with van der Waals surface area (Å²) in [6, 6.07) is 6.14. The van der Waals surface area contributed by atoms with Crippen molar-refractivity contribution in [2.24, 2.45) is 0 Å². The molecule has 1 fully saturated rings. The quantitative estimate of drug-likeness (QED) is 0.913. The monoisotopic (exact) mass is 276 g/mol. The van der Waals surface area contributed by atoms with Crippen LogP contribution in [0.15, 0.2) is 18.2 Å². The largest absolute Gasteiger partial charge is 0.493 e. The number of hydrogen-bond acceptors (Lipinski definition) is 3. The van der Waals surface area contributed by atoms with Crippen LogP contribution in [0.3, 0.4) is 0 Å². The molecule has 110 valence electrons. The molecule has 1 aromatic rings. The number of rotatable bonds is 4. The maximum Gasteiger partial charge on any atom is 0.226 e. The fourth-order valence-corrected chi connectivity index (χ4v) is 2.36. The van der Waals surface area contributed by atoms with Gasteiger partial charge in [0.25, 0.3) is 0 Å². The molecule has 4 nitrogen and oxygen atoms in total. The van der Waals surface area contributed by atoms with Gasteiger partial charge in [0.05, 0.1) is 13.0 Å². The number of benzene rings is 1. The lowest BCUT2D eigenvalue weighted by Gasteiger charge is -2.20. The zero-order chi connectivity index (χ0) is 14.4. The van der Waals surface area contributed by atoms with Gasteiger partial charge in [-0.3, -0.25) is 4.79 Å². The predicted molar refractivity (Wildman–Crippen MR) is 80.1 cm³/mol. The normalized spacial score (nSPS) is 15.8. The van der Waals surface area contributed by atoms with E-state index >= 15 is 0 Å². The highest BCUT2D eigenvalue weighted by Crippen LogP contribution is 2.19. The van der Waals surface area contributed by atoms with Crippen LogP contribution in [0.1, 0.15) is 24.0 Å². The SMILES string of the molecule is Cc1ccc(C)c(OCCC(=O)N2CCCNCC2)c1. The number of aryl methyl sites for hydroxylation is 2. The average molecular weight is 276 g/mol. The molecule has 4 heteroatoms. The Kier molecular flexibility index (Phi) is 5.41. The highest BCUT2D eigenvalue weighted by atomic mass is 16.5. The van der Waals surface area contributed by atoms with Gasteiger partial charge >= 0.3 is 0 Å². The lowest BCUT2D eigenvalue weighted by Crippen LogP contribution is -2.34. The highest BCUT2D eigenvalue weighted by Gasteiger charge is 2.15. The molecule has 1 aliphatic rings. The number of hydrogen-bond donors (Lipinski definition) is 1. The van der Waals surface area contributed by atoms with E-state index in [1.165, 1.54) is 5.56 Å². The number of carbonyl (C=O) groups is 1. The minimum absolute atomic E-state index is 0.194. The fraction of sp³-hybridized carbons (Fsp3) is 0.562. The van der Waals surface area contributed by atoms with Crippen LogP contribution < -0.4 is 10.1 Å². The minimum atomic E-state index is 0.194. The molecule has 1 saturated heterocycles. The predicted octanol–water partition coefficient (Wildman–Crippen LogP) is 1.89. The van der Waals surface area contributed by atoms with E-state index in [0.717, 1.165) is 43.9 Å². The first-order valence-corrected chi connectivity index (χ1v) is 7.35. The summed E-state index contributed by atoms with van der Waals surface area (Å²) in [5.41, 5.74) is 2.29. The van der Waals surface area contributed by atoms with Crippen molar-refractivity contribution in [2.75, 3.05) is 32.8 Å². The van der Waals surface area contributed by atoms with Crippen LogP contribution in [0.5, 0.6) is 5.75 Å². The Balaban J connectivity index is 1.80. The molecule has 0 spiro atoms. The van der Waals surface area contributed by atoms with Crippen molar-refractivity contribution in [3.05, 3.63) is 29.3 Å². The van der Waals surface area contributed by atoms with E-state index in [4.69, 9.17) is 4.74 Å². The smallest absolute Gasteiger partial charge is 0.226 e. The number of amides is 1. The van der Waals surface area contributed by atoms with Crippen molar-refractivity contribution in [3.63, 3.8) is 0 Å². The minimum Gasteiger partial charge on any atom is -0.493 e. The van der Waals surface area contributed by atoms with Crippen LogP contribution in [0.25, 0.3) is 0 Å². The van der Waals surface area contributed by atoms with Crippen LogP contribution >= 0.6 is 0 Å². The van der Waals surface area contributed by atoms with Gasteiger partial charge in [-0.25, -0.2) is 0 Å². The summed E-state index contributed by atoms with van der Waals surface area (Å²) in [5, 5.41) is 3.30. The number of nitrogens with one attached hydrogen (secondary N) is 1. The van der Waals surface area contributed by atoms with Gasteiger partial charge in [0.2, 0.25) is 5.91 Å². The summed E-state index contributed by atoms with van der Waals surface area (Å²) in [6.45, 7) is 8.08. The average Bonchev–Trinajstić information content (AvgIpc) is 2.71. The molecule has 2 rings (SSSR count). The van der Waals surface area contributed by atoms with E-state index < -0.39 is 0 Å². The van der Waals surface area contributed by atoms with Crippen molar-refractivity contribution in [1.29, 1.82) is 0 Å². The third-order valence-electron chi connectivity index (χ3n) is 3.61. The summed E-state index contributed by atoms with van der Waals surface area (Å²) in [6.07, 6.45) is 1.48.